The molecule has 0 atom stereocenters. The summed E-state index contributed by atoms with van der Waals surface area (Å²) in [6, 6.07) is 16.0. The molecule has 1 amide bonds. The molecule has 1 saturated heterocycles. The number of amides is 1. The number of para-hydroxylation sites is 2. The van der Waals surface area contributed by atoms with E-state index in [4.69, 9.17) is 0 Å². The zero-order valence-electron chi connectivity index (χ0n) is 15.6. The maximum absolute atomic E-state index is 12.4. The summed E-state index contributed by atoms with van der Waals surface area (Å²) in [7, 11) is 0. The van der Waals surface area contributed by atoms with Crippen molar-refractivity contribution in [2.24, 2.45) is 0 Å². The predicted octanol–water partition coefficient (Wildman–Crippen LogP) is 3.52. The maximum atomic E-state index is 12.4. The minimum absolute atomic E-state index is 0.0318. The van der Waals surface area contributed by atoms with E-state index in [2.05, 4.69) is 32.3 Å². The number of hydrogen-bond acceptors (Lipinski definition) is 3. The number of nitrogens with zero attached hydrogens (tertiary/aromatic N) is 2. The van der Waals surface area contributed by atoms with E-state index in [1.54, 1.807) is 0 Å². The molecule has 140 valence electrons. The van der Waals surface area contributed by atoms with Gasteiger partial charge in [-0.15, -0.1) is 0 Å². The summed E-state index contributed by atoms with van der Waals surface area (Å²) < 4.78 is 0. The molecule has 1 aromatic heterocycles. The van der Waals surface area contributed by atoms with E-state index in [1.807, 2.05) is 36.4 Å². The largest absolute Gasteiger partial charge is 0.352 e. The second kappa shape index (κ2) is 8.35. The van der Waals surface area contributed by atoms with Gasteiger partial charge in [-0.25, -0.2) is 4.98 Å². The first kappa shape index (κ1) is 17.7. The minimum atomic E-state index is -0.0318. The minimum Gasteiger partial charge on any atom is -0.352 e. The highest BCUT2D eigenvalue weighted by Crippen LogP contribution is 2.14. The summed E-state index contributed by atoms with van der Waals surface area (Å²) in [4.78, 5) is 22.7. The van der Waals surface area contributed by atoms with Crippen LogP contribution in [-0.2, 0) is 13.0 Å². The van der Waals surface area contributed by atoms with Crippen molar-refractivity contribution in [2.45, 2.75) is 32.2 Å². The Labute approximate surface area is 159 Å². The van der Waals surface area contributed by atoms with Crippen molar-refractivity contribution in [2.75, 3.05) is 19.6 Å². The van der Waals surface area contributed by atoms with Crippen molar-refractivity contribution < 1.29 is 4.79 Å². The Morgan fingerprint density at radius 1 is 1.04 bits per heavy atom. The Balaban J connectivity index is 1.27. The highest BCUT2D eigenvalue weighted by atomic mass is 16.1. The zero-order valence-corrected chi connectivity index (χ0v) is 15.6. The van der Waals surface area contributed by atoms with Crippen LogP contribution in [0.15, 0.2) is 48.5 Å². The topological polar surface area (TPSA) is 61.0 Å². The average Bonchev–Trinajstić information content (AvgIpc) is 3.12. The van der Waals surface area contributed by atoms with E-state index in [1.165, 1.54) is 37.9 Å². The van der Waals surface area contributed by atoms with Gasteiger partial charge in [-0.3, -0.25) is 9.69 Å². The zero-order chi connectivity index (χ0) is 18.5. The summed E-state index contributed by atoms with van der Waals surface area (Å²) in [5, 5.41) is 2.98. The van der Waals surface area contributed by atoms with E-state index in [0.717, 1.165) is 23.4 Å². The predicted molar refractivity (Wildman–Crippen MR) is 108 cm³/mol. The van der Waals surface area contributed by atoms with Crippen molar-refractivity contribution in [3.63, 3.8) is 0 Å². The monoisotopic (exact) mass is 362 g/mol. The van der Waals surface area contributed by atoms with Crippen LogP contribution in [0.2, 0.25) is 0 Å². The molecule has 0 unspecified atom stereocenters. The smallest absolute Gasteiger partial charge is 0.251 e. The fourth-order valence-corrected chi connectivity index (χ4v) is 3.66. The van der Waals surface area contributed by atoms with Crippen LogP contribution >= 0.6 is 0 Å². The summed E-state index contributed by atoms with van der Waals surface area (Å²) in [6.07, 6.45) is 4.63. The van der Waals surface area contributed by atoms with Gasteiger partial charge in [-0.05, 0) is 55.8 Å². The molecule has 5 nitrogen and oxygen atoms in total. The fourth-order valence-electron chi connectivity index (χ4n) is 3.66. The van der Waals surface area contributed by atoms with Crippen LogP contribution in [-0.4, -0.2) is 40.4 Å². The average molecular weight is 362 g/mol. The van der Waals surface area contributed by atoms with Crippen molar-refractivity contribution in [1.29, 1.82) is 0 Å². The van der Waals surface area contributed by atoms with Crippen molar-refractivity contribution in [3.05, 3.63) is 65.5 Å². The molecule has 1 fully saturated rings. The number of piperidine rings is 1. The summed E-state index contributed by atoms with van der Waals surface area (Å²) >= 11 is 0. The molecule has 0 aliphatic carbocycles. The highest BCUT2D eigenvalue weighted by molar-refractivity contribution is 5.94. The molecule has 1 aliphatic heterocycles. The van der Waals surface area contributed by atoms with E-state index < -0.39 is 0 Å². The molecular weight excluding hydrogens is 336 g/mol. The molecular formula is C22H26N4O. The fraction of sp³-hybridized carbons (Fsp3) is 0.364. The molecule has 27 heavy (non-hydrogen) atoms. The summed E-state index contributed by atoms with van der Waals surface area (Å²) in [5.41, 5.74) is 3.98. The lowest BCUT2D eigenvalue weighted by molar-refractivity contribution is 0.0954. The molecule has 2 aromatic carbocycles. The summed E-state index contributed by atoms with van der Waals surface area (Å²) in [6.45, 7) is 3.91. The van der Waals surface area contributed by atoms with Gasteiger partial charge in [0.2, 0.25) is 0 Å². The Kier molecular flexibility index (Phi) is 5.49. The van der Waals surface area contributed by atoms with Crippen LogP contribution in [0.4, 0.5) is 0 Å². The molecule has 3 aromatic rings. The SMILES string of the molecule is O=C(NCCc1nc2ccccc2[nH]1)c1ccc(CN2CCCCC2)cc1. The van der Waals surface area contributed by atoms with Gasteiger partial charge in [0, 0.05) is 25.1 Å². The quantitative estimate of drug-likeness (QED) is 0.705. The lowest BCUT2D eigenvalue weighted by Gasteiger charge is -2.26. The molecule has 2 heterocycles. The van der Waals surface area contributed by atoms with Gasteiger partial charge in [0.05, 0.1) is 11.0 Å². The molecule has 4 rings (SSSR count). The Morgan fingerprint density at radius 2 is 1.81 bits per heavy atom. The normalized spacial score (nSPS) is 15.1. The molecule has 0 radical (unpaired) electrons. The third-order valence-corrected chi connectivity index (χ3v) is 5.16. The van der Waals surface area contributed by atoms with Gasteiger partial charge >= 0.3 is 0 Å². The number of aromatic amines is 1. The first-order valence-electron chi connectivity index (χ1n) is 9.81. The van der Waals surface area contributed by atoms with Gasteiger partial charge in [0.15, 0.2) is 0 Å². The number of carbonyl (C=O) groups is 1. The summed E-state index contributed by atoms with van der Waals surface area (Å²) in [5.74, 6) is 0.865. The van der Waals surface area contributed by atoms with E-state index in [-0.39, 0.29) is 5.91 Å². The standard InChI is InChI=1S/C22H26N4O/c27-22(23-13-12-21-24-19-6-2-3-7-20(19)25-21)18-10-8-17(9-11-18)16-26-14-4-1-5-15-26/h2-3,6-11H,1,4-5,12-16H2,(H,23,27)(H,24,25). The number of nitrogens with one attached hydrogen (secondary N) is 2. The molecule has 2 N–H and O–H groups in total. The lowest BCUT2D eigenvalue weighted by Crippen LogP contribution is -2.29. The number of imidazole rings is 1. The van der Waals surface area contributed by atoms with Crippen LogP contribution in [0.1, 0.15) is 41.0 Å². The Bertz CT molecular complexity index is 861. The van der Waals surface area contributed by atoms with E-state index in [9.17, 15) is 4.79 Å². The number of benzene rings is 2. The van der Waals surface area contributed by atoms with Crippen LogP contribution < -0.4 is 5.32 Å². The first-order valence-corrected chi connectivity index (χ1v) is 9.81. The van der Waals surface area contributed by atoms with E-state index >= 15 is 0 Å². The third kappa shape index (κ3) is 4.55. The van der Waals surface area contributed by atoms with Crippen LogP contribution in [0.3, 0.4) is 0 Å². The van der Waals surface area contributed by atoms with Crippen molar-refractivity contribution in [1.82, 2.24) is 20.2 Å². The number of carbonyl (C=O) groups excluding carboxylic acids is 1. The van der Waals surface area contributed by atoms with Gasteiger partial charge < -0.3 is 10.3 Å². The molecule has 5 heteroatoms. The molecule has 0 saturated carbocycles. The molecule has 0 bridgehead atoms. The van der Waals surface area contributed by atoms with Gasteiger partial charge in [0.1, 0.15) is 5.82 Å². The lowest BCUT2D eigenvalue weighted by atomic mass is 10.1. The van der Waals surface area contributed by atoms with Crippen molar-refractivity contribution >= 4 is 16.9 Å². The van der Waals surface area contributed by atoms with E-state index in [0.29, 0.717) is 18.5 Å². The first-order chi connectivity index (χ1) is 13.3. The van der Waals surface area contributed by atoms with Crippen LogP contribution in [0, 0.1) is 0 Å². The molecule has 1 aliphatic rings. The second-order valence-corrected chi connectivity index (χ2v) is 7.24. The van der Waals surface area contributed by atoms with Crippen molar-refractivity contribution in [3.8, 4) is 0 Å². The number of fused-ring (bicyclic) bond motifs is 1. The molecule has 0 spiro atoms. The van der Waals surface area contributed by atoms with Gasteiger partial charge in [0.25, 0.3) is 5.91 Å². The highest BCUT2D eigenvalue weighted by Gasteiger charge is 2.11. The number of rotatable bonds is 6. The Morgan fingerprint density at radius 3 is 2.59 bits per heavy atom. The van der Waals surface area contributed by atoms with Gasteiger partial charge in [-0.2, -0.15) is 0 Å². The Hall–Kier alpha value is -2.66. The number of aromatic nitrogens is 2. The van der Waals surface area contributed by atoms with Gasteiger partial charge in [-0.1, -0.05) is 30.7 Å². The maximum Gasteiger partial charge on any atom is 0.251 e. The van der Waals surface area contributed by atoms with Crippen LogP contribution in [0.5, 0.6) is 0 Å². The second-order valence-electron chi connectivity index (χ2n) is 7.24. The third-order valence-electron chi connectivity index (χ3n) is 5.16. The number of H-pyrrole nitrogens is 1. The number of hydrogen-bond donors (Lipinski definition) is 2. The number of likely N-dealkylation sites (tertiary alicyclic amines) is 1. The van der Waals surface area contributed by atoms with Crippen LogP contribution in [0.25, 0.3) is 11.0 Å².